The number of aliphatic carboxylic acids is 1. The van der Waals surface area contributed by atoms with Gasteiger partial charge in [0.25, 0.3) is 0 Å². The van der Waals surface area contributed by atoms with Crippen molar-refractivity contribution in [2.24, 2.45) is 17.8 Å². The monoisotopic (exact) mass is 878 g/mol. The molecule has 6 fully saturated rings. The summed E-state index contributed by atoms with van der Waals surface area (Å²) >= 11 is 0. The van der Waals surface area contributed by atoms with Gasteiger partial charge in [0.15, 0.2) is 12.6 Å². The van der Waals surface area contributed by atoms with E-state index in [4.69, 9.17) is 43.0 Å². The van der Waals surface area contributed by atoms with E-state index in [1.165, 1.54) is 13.2 Å². The van der Waals surface area contributed by atoms with Crippen LogP contribution in [0.1, 0.15) is 70.6 Å². The zero-order valence-corrected chi connectivity index (χ0v) is 33.9. The molecule has 348 valence electrons. The van der Waals surface area contributed by atoms with Gasteiger partial charge in [-0.1, -0.05) is 6.08 Å². The number of ether oxygens (including phenoxy) is 8. The molecule has 0 spiro atoms. The van der Waals surface area contributed by atoms with Gasteiger partial charge in [0.2, 0.25) is 0 Å². The van der Waals surface area contributed by atoms with E-state index in [1.54, 1.807) is 6.08 Å². The van der Waals surface area contributed by atoms with Crippen LogP contribution in [-0.4, -0.2) is 200 Å². The Morgan fingerprint density at radius 3 is 1.84 bits per heavy atom. The number of esters is 2. The summed E-state index contributed by atoms with van der Waals surface area (Å²) in [6, 6.07) is 0. The number of carboxylic acids is 1. The lowest BCUT2D eigenvalue weighted by molar-refractivity contribution is -0.344. The lowest BCUT2D eigenvalue weighted by atomic mass is 9.73. The lowest BCUT2D eigenvalue weighted by Gasteiger charge is -2.52. The molecule has 0 aromatic carbocycles. The molecule has 0 amide bonds. The minimum absolute atomic E-state index is 0.00599. The molecular formula is C40H62O21. The molecule has 19 atom stereocenters. The molecule has 3 saturated carbocycles. The fourth-order valence-corrected chi connectivity index (χ4v) is 9.53. The summed E-state index contributed by atoms with van der Waals surface area (Å²) in [7, 11) is 1.51. The van der Waals surface area contributed by atoms with E-state index in [0.717, 1.165) is 0 Å². The number of hydrogen-bond donors (Lipinski definition) is 10. The lowest BCUT2D eigenvalue weighted by Crippen LogP contribution is -2.63. The Bertz CT molecular complexity index is 1480. The first-order chi connectivity index (χ1) is 29.0. The highest BCUT2D eigenvalue weighted by Crippen LogP contribution is 2.45. The third-order valence-corrected chi connectivity index (χ3v) is 13.0. The number of carbonyl (C=O) groups is 3. The van der Waals surface area contributed by atoms with Crippen LogP contribution in [0.15, 0.2) is 12.2 Å². The minimum atomic E-state index is -1.83. The molecule has 21 heteroatoms. The van der Waals surface area contributed by atoms with Crippen LogP contribution in [0.3, 0.4) is 0 Å². The van der Waals surface area contributed by atoms with Gasteiger partial charge in [-0.15, -0.1) is 0 Å². The van der Waals surface area contributed by atoms with Gasteiger partial charge in [-0.25, -0.2) is 4.79 Å². The fourth-order valence-electron chi connectivity index (χ4n) is 9.53. The molecule has 3 heterocycles. The second-order valence-electron chi connectivity index (χ2n) is 17.3. The Hall–Kier alpha value is -2.45. The number of methoxy groups -OCH3 is 1. The normalized spacial score (nSPS) is 45.8. The third-order valence-electron chi connectivity index (χ3n) is 13.0. The van der Waals surface area contributed by atoms with E-state index in [0.29, 0.717) is 44.9 Å². The van der Waals surface area contributed by atoms with Crippen molar-refractivity contribution in [2.45, 2.75) is 181 Å². The highest BCUT2D eigenvalue weighted by Gasteiger charge is 2.54. The van der Waals surface area contributed by atoms with E-state index >= 15 is 0 Å². The highest BCUT2D eigenvalue weighted by atomic mass is 16.7. The molecule has 0 aromatic rings. The molecule has 6 aliphatic rings. The van der Waals surface area contributed by atoms with Gasteiger partial charge in [-0.2, -0.15) is 0 Å². The number of aliphatic hydroxyl groups excluding tert-OH is 9. The molecule has 3 saturated heterocycles. The minimum Gasteiger partial charge on any atom is -0.481 e. The van der Waals surface area contributed by atoms with E-state index in [-0.39, 0.29) is 37.2 Å². The van der Waals surface area contributed by atoms with Crippen LogP contribution in [0.5, 0.6) is 0 Å². The van der Waals surface area contributed by atoms with Gasteiger partial charge < -0.3 is 89.0 Å². The van der Waals surface area contributed by atoms with E-state index in [1.807, 2.05) is 0 Å². The zero-order chi connectivity index (χ0) is 44.1. The Morgan fingerprint density at radius 2 is 1.23 bits per heavy atom. The van der Waals surface area contributed by atoms with Crippen molar-refractivity contribution in [3.8, 4) is 0 Å². The molecule has 3 aliphatic carbocycles. The van der Waals surface area contributed by atoms with Crippen LogP contribution in [0.4, 0.5) is 0 Å². The van der Waals surface area contributed by atoms with Crippen LogP contribution in [0.2, 0.25) is 0 Å². The Morgan fingerprint density at radius 1 is 0.623 bits per heavy atom. The second kappa shape index (κ2) is 21.5. The van der Waals surface area contributed by atoms with Gasteiger partial charge in [0, 0.05) is 25.5 Å². The van der Waals surface area contributed by atoms with Crippen LogP contribution in [-0.2, 0) is 52.3 Å². The number of allylic oxidation sites excluding steroid dienone is 1. The summed E-state index contributed by atoms with van der Waals surface area (Å²) in [5.74, 6) is -4.09. The number of aliphatic hydroxyl groups is 9. The SMILES string of the molecule is COC1CC(C=CC(=O)OC[C@H]2O[C@@H](OC3CC4C(CC(O)CC4O[C@@H]4O[C@H](COC(=O)CC(=O)O)[C@@H](O)[C@H](O)[C@H]4O)OC3C3CCC(O)CC3)[C@H](O)[C@@H](O)[C@@H]2O)CCC1O. The van der Waals surface area contributed by atoms with Crippen molar-refractivity contribution < 1.29 is 103 Å². The average molecular weight is 879 g/mol. The standard InChI is InChI=1S/C40H62O21/c1-54-25-10-17(2-8-22(25)43)3-9-30(46)55-15-27-32(48)35(51)37(53)40(61-27)59-26-13-21-23(57-38(26)18-4-6-19(41)7-5-18)11-20(42)12-24(21)58-39-36(52)34(50)33(49)28(60-39)16-56-31(47)14-29(44)45/h3,9,17-28,32-43,48-53H,2,4-8,10-16H2,1H3,(H,44,45)/t17?,18?,19?,20?,21?,22?,23?,24?,25?,26?,27-,28-,32-,33-,34+,35+,36-,37-,38?,39-,40-/m1/s1. The summed E-state index contributed by atoms with van der Waals surface area (Å²) < 4.78 is 46.6. The van der Waals surface area contributed by atoms with Gasteiger partial charge in [0.05, 0.1) is 48.8 Å². The van der Waals surface area contributed by atoms with Gasteiger partial charge in [0.1, 0.15) is 68.5 Å². The Kier molecular flexibility index (Phi) is 16.9. The van der Waals surface area contributed by atoms with E-state index in [2.05, 4.69) is 0 Å². The summed E-state index contributed by atoms with van der Waals surface area (Å²) in [6.07, 6.45) is -16.0. The van der Waals surface area contributed by atoms with Crippen molar-refractivity contribution in [2.75, 3.05) is 20.3 Å². The first kappa shape index (κ1) is 48.0. The van der Waals surface area contributed by atoms with Gasteiger partial charge in [-0.05, 0) is 69.6 Å². The summed E-state index contributed by atoms with van der Waals surface area (Å²) in [6.45, 7) is -1.18. The number of fused-ring (bicyclic) bond motifs is 1. The molecule has 6 rings (SSSR count). The van der Waals surface area contributed by atoms with Crippen molar-refractivity contribution in [1.29, 1.82) is 0 Å². The van der Waals surface area contributed by atoms with Crippen LogP contribution in [0.25, 0.3) is 0 Å². The van der Waals surface area contributed by atoms with E-state index in [9.17, 15) is 60.3 Å². The summed E-state index contributed by atoms with van der Waals surface area (Å²) in [4.78, 5) is 35.5. The molecular weight excluding hydrogens is 816 g/mol. The van der Waals surface area contributed by atoms with Gasteiger partial charge >= 0.3 is 17.9 Å². The van der Waals surface area contributed by atoms with Crippen LogP contribution < -0.4 is 0 Å². The summed E-state index contributed by atoms with van der Waals surface area (Å²) in [5.41, 5.74) is 0. The molecule has 21 nitrogen and oxygen atoms in total. The van der Waals surface area contributed by atoms with Gasteiger partial charge in [-0.3, -0.25) is 9.59 Å². The molecule has 9 unspecified atom stereocenters. The maximum atomic E-state index is 12.7. The van der Waals surface area contributed by atoms with Crippen molar-refractivity contribution >= 4 is 17.9 Å². The smallest absolute Gasteiger partial charge is 0.330 e. The van der Waals surface area contributed by atoms with Crippen molar-refractivity contribution in [3.05, 3.63) is 12.2 Å². The van der Waals surface area contributed by atoms with Crippen LogP contribution in [0, 0.1) is 17.8 Å². The van der Waals surface area contributed by atoms with E-state index < -0.39 is 148 Å². The molecule has 61 heavy (non-hydrogen) atoms. The number of carboxylic acid groups (broad SMARTS) is 1. The Balaban J connectivity index is 1.14. The topological polar surface area (TPSA) is 327 Å². The first-order valence-corrected chi connectivity index (χ1v) is 21.2. The maximum absolute atomic E-state index is 12.7. The maximum Gasteiger partial charge on any atom is 0.330 e. The van der Waals surface area contributed by atoms with Crippen molar-refractivity contribution in [1.82, 2.24) is 0 Å². The molecule has 3 aliphatic heterocycles. The number of rotatable bonds is 14. The summed E-state index contributed by atoms with van der Waals surface area (Å²) in [5, 5.41) is 105. The average Bonchev–Trinajstić information content (AvgIpc) is 3.22. The zero-order valence-electron chi connectivity index (χ0n) is 33.9. The largest absolute Gasteiger partial charge is 0.481 e. The van der Waals surface area contributed by atoms with Crippen molar-refractivity contribution in [3.63, 3.8) is 0 Å². The molecule has 0 aromatic heterocycles. The molecule has 10 N–H and O–H groups in total. The Labute approximate surface area is 352 Å². The number of hydrogen-bond acceptors (Lipinski definition) is 20. The van der Waals surface area contributed by atoms with Crippen LogP contribution >= 0.6 is 0 Å². The highest BCUT2D eigenvalue weighted by molar-refractivity contribution is 5.90. The quantitative estimate of drug-likeness (QED) is 0.0477. The molecule has 0 bridgehead atoms. The first-order valence-electron chi connectivity index (χ1n) is 21.2. The number of carbonyl (C=O) groups excluding carboxylic acids is 2. The predicted octanol–water partition coefficient (Wildman–Crippen LogP) is -2.86. The third kappa shape index (κ3) is 12.0. The fraction of sp³-hybridized carbons (Fsp3) is 0.875. The molecule has 0 radical (unpaired) electrons. The second-order valence-corrected chi connectivity index (χ2v) is 17.3. The predicted molar refractivity (Wildman–Crippen MR) is 201 cm³/mol.